The Morgan fingerprint density at radius 1 is 1.18 bits per heavy atom. The molecule has 1 aromatic heterocycles. The highest BCUT2D eigenvalue weighted by molar-refractivity contribution is 5.76. The predicted octanol–water partition coefficient (Wildman–Crippen LogP) is 4.04. The van der Waals surface area contributed by atoms with Crippen LogP contribution >= 0.6 is 0 Å². The summed E-state index contributed by atoms with van der Waals surface area (Å²) in [6.07, 6.45) is 9.24. The SMILES string of the molecule is CCCc1noc(CCC(=O)NCc2ccc(N(C)C3CCCCC3)cc2)n1. The van der Waals surface area contributed by atoms with Crippen molar-refractivity contribution >= 4 is 11.6 Å². The number of amides is 1. The molecule has 1 saturated carbocycles. The fourth-order valence-electron chi connectivity index (χ4n) is 3.75. The van der Waals surface area contributed by atoms with E-state index in [0.29, 0.717) is 31.3 Å². The molecule has 0 saturated heterocycles. The second kappa shape index (κ2) is 10.2. The van der Waals surface area contributed by atoms with E-state index in [9.17, 15) is 4.79 Å². The van der Waals surface area contributed by atoms with Gasteiger partial charge in [0.1, 0.15) is 0 Å². The summed E-state index contributed by atoms with van der Waals surface area (Å²) in [5.74, 6) is 1.25. The average Bonchev–Trinajstić information content (AvgIpc) is 3.19. The summed E-state index contributed by atoms with van der Waals surface area (Å²) in [5, 5.41) is 6.88. The Hall–Kier alpha value is -2.37. The Morgan fingerprint density at radius 3 is 2.64 bits per heavy atom. The zero-order chi connectivity index (χ0) is 19.8. The van der Waals surface area contributed by atoms with Crippen molar-refractivity contribution in [1.29, 1.82) is 0 Å². The third-order valence-electron chi connectivity index (χ3n) is 5.51. The zero-order valence-electron chi connectivity index (χ0n) is 17.1. The Bertz CT molecular complexity index is 735. The third-order valence-corrected chi connectivity index (χ3v) is 5.51. The molecular weight excluding hydrogens is 352 g/mol. The van der Waals surface area contributed by atoms with Gasteiger partial charge >= 0.3 is 0 Å². The van der Waals surface area contributed by atoms with Crippen LogP contribution in [0.4, 0.5) is 5.69 Å². The molecule has 0 radical (unpaired) electrons. The minimum atomic E-state index is -0.00126. The van der Waals surface area contributed by atoms with E-state index >= 15 is 0 Å². The van der Waals surface area contributed by atoms with Crippen molar-refractivity contribution in [2.75, 3.05) is 11.9 Å². The Labute approximate surface area is 167 Å². The number of hydrogen-bond acceptors (Lipinski definition) is 5. The van der Waals surface area contributed by atoms with Crippen molar-refractivity contribution < 1.29 is 9.32 Å². The summed E-state index contributed by atoms with van der Waals surface area (Å²) in [5.41, 5.74) is 2.36. The first kappa shape index (κ1) is 20.4. The van der Waals surface area contributed by atoms with Crippen LogP contribution in [0.15, 0.2) is 28.8 Å². The molecule has 1 heterocycles. The lowest BCUT2D eigenvalue weighted by molar-refractivity contribution is -0.121. The molecule has 1 amide bonds. The highest BCUT2D eigenvalue weighted by Crippen LogP contribution is 2.26. The first-order valence-corrected chi connectivity index (χ1v) is 10.6. The summed E-state index contributed by atoms with van der Waals surface area (Å²) in [4.78, 5) is 18.8. The van der Waals surface area contributed by atoms with Crippen LogP contribution in [0.1, 0.15) is 69.1 Å². The largest absolute Gasteiger partial charge is 0.372 e. The molecule has 152 valence electrons. The van der Waals surface area contributed by atoms with E-state index in [1.54, 1.807) is 0 Å². The number of hydrogen-bond donors (Lipinski definition) is 1. The van der Waals surface area contributed by atoms with E-state index in [0.717, 1.165) is 24.2 Å². The number of benzene rings is 1. The van der Waals surface area contributed by atoms with Gasteiger partial charge in [0.15, 0.2) is 5.82 Å². The number of rotatable bonds is 9. The molecule has 28 heavy (non-hydrogen) atoms. The van der Waals surface area contributed by atoms with E-state index in [-0.39, 0.29) is 5.91 Å². The fraction of sp³-hybridized carbons (Fsp3) is 0.591. The molecule has 0 aliphatic heterocycles. The molecular formula is C22H32N4O2. The summed E-state index contributed by atoms with van der Waals surface area (Å²) in [7, 11) is 2.19. The highest BCUT2D eigenvalue weighted by Gasteiger charge is 2.18. The Morgan fingerprint density at radius 2 is 1.93 bits per heavy atom. The summed E-state index contributed by atoms with van der Waals surface area (Å²) in [6.45, 7) is 2.61. The van der Waals surface area contributed by atoms with E-state index < -0.39 is 0 Å². The smallest absolute Gasteiger partial charge is 0.227 e. The van der Waals surface area contributed by atoms with Gasteiger partial charge in [0.05, 0.1) is 0 Å². The number of aromatic nitrogens is 2. The van der Waals surface area contributed by atoms with Crippen molar-refractivity contribution in [1.82, 2.24) is 15.5 Å². The van der Waals surface area contributed by atoms with E-state index in [1.165, 1.54) is 37.8 Å². The van der Waals surface area contributed by atoms with Crippen LogP contribution in [-0.4, -0.2) is 29.1 Å². The zero-order valence-corrected chi connectivity index (χ0v) is 17.1. The molecule has 1 aliphatic carbocycles. The average molecular weight is 385 g/mol. The number of carbonyl (C=O) groups excluding carboxylic acids is 1. The molecule has 1 fully saturated rings. The maximum atomic E-state index is 12.1. The Balaban J connectivity index is 1.41. The van der Waals surface area contributed by atoms with Crippen molar-refractivity contribution in [2.45, 2.75) is 77.3 Å². The van der Waals surface area contributed by atoms with E-state index in [1.807, 2.05) is 0 Å². The minimum absolute atomic E-state index is 0.00126. The molecule has 0 bridgehead atoms. The van der Waals surface area contributed by atoms with E-state index in [4.69, 9.17) is 4.52 Å². The Kier molecular flexibility index (Phi) is 7.46. The number of nitrogens with one attached hydrogen (secondary N) is 1. The molecule has 0 atom stereocenters. The highest BCUT2D eigenvalue weighted by atomic mass is 16.5. The molecule has 6 heteroatoms. The summed E-state index contributed by atoms with van der Waals surface area (Å²) < 4.78 is 5.17. The number of nitrogens with zero attached hydrogens (tertiary/aromatic N) is 3. The normalized spacial score (nSPS) is 14.8. The maximum Gasteiger partial charge on any atom is 0.227 e. The molecule has 2 aromatic rings. The van der Waals surface area contributed by atoms with Gasteiger partial charge in [-0.25, -0.2) is 0 Å². The van der Waals surface area contributed by atoms with Crippen molar-refractivity contribution in [3.8, 4) is 0 Å². The third kappa shape index (κ3) is 5.81. The van der Waals surface area contributed by atoms with Crippen LogP contribution in [0.25, 0.3) is 0 Å². The van der Waals surface area contributed by atoms with Gasteiger partial charge < -0.3 is 14.7 Å². The van der Waals surface area contributed by atoms with Gasteiger partial charge in [-0.05, 0) is 37.0 Å². The maximum absolute atomic E-state index is 12.1. The van der Waals surface area contributed by atoms with Gasteiger partial charge in [-0.3, -0.25) is 4.79 Å². The van der Waals surface area contributed by atoms with Crippen molar-refractivity contribution in [3.63, 3.8) is 0 Å². The first-order valence-electron chi connectivity index (χ1n) is 10.6. The van der Waals surface area contributed by atoms with Crippen LogP contribution in [0.2, 0.25) is 0 Å². The molecule has 3 rings (SSSR count). The van der Waals surface area contributed by atoms with Gasteiger partial charge in [-0.2, -0.15) is 4.98 Å². The molecule has 0 unspecified atom stereocenters. The van der Waals surface area contributed by atoms with E-state index in [2.05, 4.69) is 58.6 Å². The lowest BCUT2D eigenvalue weighted by atomic mass is 9.94. The molecule has 0 spiro atoms. The van der Waals surface area contributed by atoms with Crippen LogP contribution in [0, 0.1) is 0 Å². The summed E-state index contributed by atoms with van der Waals surface area (Å²) in [6, 6.07) is 9.17. The van der Waals surface area contributed by atoms with Gasteiger partial charge in [0.25, 0.3) is 0 Å². The molecule has 6 nitrogen and oxygen atoms in total. The van der Waals surface area contributed by atoms with Gasteiger partial charge in [0.2, 0.25) is 11.8 Å². The molecule has 1 aromatic carbocycles. The minimum Gasteiger partial charge on any atom is -0.372 e. The van der Waals surface area contributed by atoms with Gasteiger partial charge in [-0.1, -0.05) is 43.5 Å². The number of aryl methyl sites for hydroxylation is 2. The summed E-state index contributed by atoms with van der Waals surface area (Å²) >= 11 is 0. The second-order valence-corrected chi connectivity index (χ2v) is 7.70. The van der Waals surface area contributed by atoms with Crippen LogP contribution in [-0.2, 0) is 24.2 Å². The first-order chi connectivity index (χ1) is 13.7. The lowest BCUT2D eigenvalue weighted by Crippen LogP contribution is -2.33. The molecule has 1 aliphatic rings. The monoisotopic (exact) mass is 384 g/mol. The predicted molar refractivity (Wildman–Crippen MR) is 110 cm³/mol. The van der Waals surface area contributed by atoms with Crippen LogP contribution < -0.4 is 10.2 Å². The van der Waals surface area contributed by atoms with Crippen LogP contribution in [0.3, 0.4) is 0 Å². The number of anilines is 1. The number of carbonyl (C=O) groups is 1. The molecule has 1 N–H and O–H groups in total. The fourth-order valence-corrected chi connectivity index (χ4v) is 3.75. The van der Waals surface area contributed by atoms with Crippen LogP contribution in [0.5, 0.6) is 0 Å². The quantitative estimate of drug-likeness (QED) is 0.706. The van der Waals surface area contributed by atoms with Crippen molar-refractivity contribution in [3.05, 3.63) is 41.5 Å². The topological polar surface area (TPSA) is 71.3 Å². The van der Waals surface area contributed by atoms with Crippen molar-refractivity contribution in [2.24, 2.45) is 0 Å². The van der Waals surface area contributed by atoms with Gasteiger partial charge in [0, 0.05) is 44.6 Å². The second-order valence-electron chi connectivity index (χ2n) is 7.70. The van der Waals surface area contributed by atoms with Gasteiger partial charge in [-0.15, -0.1) is 0 Å². The standard InChI is InChI=1S/C22H32N4O2/c1-3-7-20-24-22(28-25-20)15-14-21(27)23-16-17-10-12-19(13-11-17)26(2)18-8-5-4-6-9-18/h10-13,18H,3-9,14-16H2,1-2H3,(H,23,27). The lowest BCUT2D eigenvalue weighted by Gasteiger charge is -2.33.